The molecule has 1 aromatic carbocycles. The van der Waals surface area contributed by atoms with Gasteiger partial charge in [-0.05, 0) is 12.1 Å². The molecule has 0 saturated carbocycles. The zero-order valence-electron chi connectivity index (χ0n) is 17.6. The number of fused-ring (bicyclic) bond motifs is 1. The first-order chi connectivity index (χ1) is 16.3. The maximum Gasteiger partial charge on any atom is 0.412 e. The number of nitrogen functional groups attached to an aromatic ring is 1. The Morgan fingerprint density at radius 3 is 2.23 bits per heavy atom. The largest absolute Gasteiger partial charge is 0.412 e. The van der Waals surface area contributed by atoms with Crippen molar-refractivity contribution in [3.63, 3.8) is 0 Å². The molecule has 0 aliphatic heterocycles. The molecule has 9 nitrogen and oxygen atoms in total. The summed E-state index contributed by atoms with van der Waals surface area (Å²) in [5.41, 5.74) is 6.53. The van der Waals surface area contributed by atoms with Gasteiger partial charge in [0.15, 0.2) is 18.9 Å². The van der Waals surface area contributed by atoms with Crippen molar-refractivity contribution in [2.45, 2.75) is 28.8 Å². The standard InChI is InChI=1S/C18H18F6N5O4PS/c19-17(20,21)8-32-34(30,33-9-18(22,23)24)11-31-7-6-29-10-26-13-14(29)27-16(25)28-15(13)35-12-4-2-1-3-5-12/h1-5,10H,6-9,11H2,(H2,25,27,28). The van der Waals surface area contributed by atoms with Crippen LogP contribution in [0.1, 0.15) is 0 Å². The van der Waals surface area contributed by atoms with Gasteiger partial charge in [-0.3, -0.25) is 13.6 Å². The van der Waals surface area contributed by atoms with Crippen molar-refractivity contribution < 1.29 is 44.7 Å². The molecule has 0 bridgehead atoms. The van der Waals surface area contributed by atoms with Gasteiger partial charge in [0.25, 0.3) is 0 Å². The highest BCUT2D eigenvalue weighted by Crippen LogP contribution is 2.50. The first-order valence-electron chi connectivity index (χ1n) is 9.64. The van der Waals surface area contributed by atoms with Crippen LogP contribution in [-0.4, -0.2) is 58.0 Å². The third-order valence-electron chi connectivity index (χ3n) is 3.98. The Balaban J connectivity index is 1.65. The predicted octanol–water partition coefficient (Wildman–Crippen LogP) is 4.88. The molecule has 2 heterocycles. The van der Waals surface area contributed by atoms with Crippen LogP contribution in [-0.2, 0) is 24.9 Å². The van der Waals surface area contributed by atoms with Crippen molar-refractivity contribution in [3.8, 4) is 0 Å². The number of hydrogen-bond acceptors (Lipinski definition) is 9. The van der Waals surface area contributed by atoms with E-state index in [1.807, 2.05) is 30.3 Å². The second-order valence-corrected chi connectivity index (χ2v) is 9.90. The number of imidazole rings is 1. The number of alkyl halides is 6. The summed E-state index contributed by atoms with van der Waals surface area (Å²) in [4.78, 5) is 13.4. The van der Waals surface area contributed by atoms with Gasteiger partial charge < -0.3 is 15.0 Å². The highest BCUT2D eigenvalue weighted by Gasteiger charge is 2.38. The SMILES string of the molecule is Nc1nc(Sc2ccccc2)c2ncn(CCOCP(=O)(OCC(F)(F)F)OCC(F)(F)F)c2n1. The summed E-state index contributed by atoms with van der Waals surface area (Å²) in [5, 5.41) is 0.476. The van der Waals surface area contributed by atoms with Crippen molar-refractivity contribution in [2.75, 3.05) is 31.9 Å². The Bertz CT molecular complexity index is 1160. The number of hydrogen-bond donors (Lipinski definition) is 1. The molecule has 17 heteroatoms. The van der Waals surface area contributed by atoms with E-state index in [2.05, 4.69) is 24.0 Å². The molecule has 0 amide bonds. The fraction of sp³-hybridized carbons (Fsp3) is 0.389. The molecule has 3 rings (SSSR count). The molecule has 0 fully saturated rings. The molecule has 0 saturated heterocycles. The van der Waals surface area contributed by atoms with Crippen LogP contribution in [0.4, 0.5) is 32.3 Å². The maximum absolute atomic E-state index is 12.4. The van der Waals surface area contributed by atoms with Crippen LogP contribution in [0.15, 0.2) is 46.6 Å². The van der Waals surface area contributed by atoms with E-state index in [1.165, 1.54) is 22.7 Å². The summed E-state index contributed by atoms with van der Waals surface area (Å²) >= 11 is 1.30. The highest BCUT2D eigenvalue weighted by atomic mass is 32.2. The number of anilines is 1. The number of benzene rings is 1. The lowest BCUT2D eigenvalue weighted by atomic mass is 10.4. The zero-order chi connectivity index (χ0) is 25.7. The van der Waals surface area contributed by atoms with Crippen LogP contribution in [0.3, 0.4) is 0 Å². The van der Waals surface area contributed by atoms with Crippen molar-refractivity contribution in [3.05, 3.63) is 36.7 Å². The molecule has 192 valence electrons. The molecule has 0 spiro atoms. The summed E-state index contributed by atoms with van der Waals surface area (Å²) in [6.07, 6.45) is -9.60. The molecule has 0 aliphatic carbocycles. The molecule has 35 heavy (non-hydrogen) atoms. The number of aromatic nitrogens is 4. The summed E-state index contributed by atoms with van der Waals surface area (Å²) in [6, 6.07) is 9.26. The second kappa shape index (κ2) is 11.1. The lowest BCUT2D eigenvalue weighted by Crippen LogP contribution is -2.21. The van der Waals surface area contributed by atoms with E-state index in [9.17, 15) is 30.9 Å². The Hall–Kier alpha value is -2.39. The fourth-order valence-corrected chi connectivity index (χ4v) is 4.72. The van der Waals surface area contributed by atoms with E-state index in [0.717, 1.165) is 4.90 Å². The first kappa shape index (κ1) is 27.2. The molecule has 3 aromatic rings. The minimum Gasteiger partial charge on any atom is -0.368 e. The summed E-state index contributed by atoms with van der Waals surface area (Å²) < 4.78 is 101. The Labute approximate surface area is 198 Å². The average Bonchev–Trinajstić information content (AvgIpc) is 3.17. The van der Waals surface area contributed by atoms with Gasteiger partial charge in [-0.2, -0.15) is 31.3 Å². The van der Waals surface area contributed by atoms with Gasteiger partial charge in [0.2, 0.25) is 5.95 Å². The van der Waals surface area contributed by atoms with Crippen molar-refractivity contribution in [2.24, 2.45) is 0 Å². The lowest BCUT2D eigenvalue weighted by Gasteiger charge is -2.20. The molecular weight excluding hydrogens is 527 g/mol. The molecule has 2 N–H and O–H groups in total. The number of ether oxygens (including phenoxy) is 1. The molecular formula is C18H18F6N5O4PS. The molecule has 0 radical (unpaired) electrons. The van der Waals surface area contributed by atoms with Crippen LogP contribution >= 0.6 is 19.4 Å². The molecule has 0 unspecified atom stereocenters. The quantitative estimate of drug-likeness (QED) is 0.156. The molecule has 0 aliphatic rings. The van der Waals surface area contributed by atoms with Crippen molar-refractivity contribution in [1.82, 2.24) is 19.5 Å². The van der Waals surface area contributed by atoms with Gasteiger partial charge >= 0.3 is 19.9 Å². The topological polar surface area (TPSA) is 114 Å². The van der Waals surface area contributed by atoms with Crippen molar-refractivity contribution >= 4 is 36.5 Å². The third-order valence-corrected chi connectivity index (χ3v) is 6.51. The normalized spacial score (nSPS) is 13.0. The van der Waals surface area contributed by atoms with Gasteiger partial charge in [-0.1, -0.05) is 30.0 Å². The van der Waals surface area contributed by atoms with Gasteiger partial charge in [0.1, 0.15) is 16.9 Å². The summed E-state index contributed by atoms with van der Waals surface area (Å²) in [6.45, 7) is -4.41. The minimum absolute atomic E-state index is 0.000931. The van der Waals surface area contributed by atoms with Gasteiger partial charge in [-0.25, -0.2) is 9.97 Å². The number of rotatable bonds is 11. The maximum atomic E-state index is 12.4. The smallest absolute Gasteiger partial charge is 0.368 e. The average molecular weight is 545 g/mol. The van der Waals surface area contributed by atoms with Crippen LogP contribution in [0.25, 0.3) is 11.2 Å². The Kier molecular flexibility index (Phi) is 8.64. The van der Waals surface area contributed by atoms with E-state index in [0.29, 0.717) is 16.2 Å². The van der Waals surface area contributed by atoms with E-state index >= 15 is 0 Å². The van der Waals surface area contributed by atoms with Crippen LogP contribution in [0, 0.1) is 0 Å². The van der Waals surface area contributed by atoms with Gasteiger partial charge in [0.05, 0.1) is 12.9 Å². The van der Waals surface area contributed by atoms with Gasteiger partial charge in [-0.15, -0.1) is 0 Å². The highest BCUT2D eigenvalue weighted by molar-refractivity contribution is 7.99. The number of nitrogens with zero attached hydrogens (tertiary/aromatic N) is 4. The predicted molar refractivity (Wildman–Crippen MR) is 113 cm³/mol. The third kappa shape index (κ3) is 8.65. The van der Waals surface area contributed by atoms with E-state index in [-0.39, 0.29) is 19.1 Å². The minimum atomic E-state index is -4.93. The molecule has 0 atom stereocenters. The van der Waals surface area contributed by atoms with Crippen LogP contribution < -0.4 is 5.73 Å². The Morgan fingerprint density at radius 1 is 1.00 bits per heavy atom. The zero-order valence-corrected chi connectivity index (χ0v) is 19.3. The summed E-state index contributed by atoms with van der Waals surface area (Å²) in [5.74, 6) is -0.0378. The van der Waals surface area contributed by atoms with Crippen LogP contribution in [0.5, 0.6) is 0 Å². The Morgan fingerprint density at radius 2 is 1.63 bits per heavy atom. The molecule has 2 aromatic heterocycles. The van der Waals surface area contributed by atoms with E-state index in [4.69, 9.17) is 10.5 Å². The number of halogens is 6. The second-order valence-electron chi connectivity index (χ2n) is 6.84. The lowest BCUT2D eigenvalue weighted by molar-refractivity contribution is -0.166. The fourth-order valence-electron chi connectivity index (χ4n) is 2.56. The van der Waals surface area contributed by atoms with E-state index < -0.39 is 39.5 Å². The monoisotopic (exact) mass is 545 g/mol. The van der Waals surface area contributed by atoms with Gasteiger partial charge in [0, 0.05) is 11.4 Å². The summed E-state index contributed by atoms with van der Waals surface area (Å²) in [7, 11) is -4.86. The van der Waals surface area contributed by atoms with Crippen LogP contribution in [0.2, 0.25) is 0 Å². The van der Waals surface area contributed by atoms with E-state index in [1.54, 1.807) is 0 Å². The van der Waals surface area contributed by atoms with Crippen molar-refractivity contribution in [1.29, 1.82) is 0 Å². The number of nitrogens with two attached hydrogens (primary N) is 1. The first-order valence-corrected chi connectivity index (χ1v) is 12.2.